The predicted octanol–water partition coefficient (Wildman–Crippen LogP) is 2.93. The second kappa shape index (κ2) is 5.75. The molecule has 1 aromatic rings. The summed E-state index contributed by atoms with van der Waals surface area (Å²) in [5.74, 6) is 0.0716. The third kappa shape index (κ3) is 4.33. The van der Waals surface area contributed by atoms with Crippen molar-refractivity contribution in [1.82, 2.24) is 4.90 Å². The van der Waals surface area contributed by atoms with Gasteiger partial charge in [0.25, 0.3) is 0 Å². The molecule has 0 heterocycles. The molecular formula is C12H15ClN2. The van der Waals surface area contributed by atoms with Crippen molar-refractivity contribution < 1.29 is 0 Å². The van der Waals surface area contributed by atoms with E-state index in [2.05, 4.69) is 11.0 Å². The molecule has 15 heavy (non-hydrogen) atoms. The Morgan fingerprint density at radius 3 is 2.53 bits per heavy atom. The van der Waals surface area contributed by atoms with E-state index in [1.165, 1.54) is 5.56 Å². The van der Waals surface area contributed by atoms with Crippen LogP contribution in [0.5, 0.6) is 0 Å². The Morgan fingerprint density at radius 1 is 1.40 bits per heavy atom. The second-order valence-electron chi connectivity index (χ2n) is 3.85. The lowest BCUT2D eigenvalue weighted by Gasteiger charge is -2.17. The molecule has 2 nitrogen and oxygen atoms in total. The molecule has 0 aliphatic carbocycles. The molecule has 0 saturated heterocycles. The standard InChI is InChI=1S/C12H15ClN2/c1-10(7-14)8-15(2)9-11-3-5-12(13)6-4-11/h3-6,10H,8-9H2,1-2H3/t10-/m0/s1. The SMILES string of the molecule is C[C@@H](C#N)CN(C)Cc1ccc(Cl)cc1. The third-order valence-electron chi connectivity index (χ3n) is 2.17. The van der Waals surface area contributed by atoms with E-state index in [9.17, 15) is 0 Å². The highest BCUT2D eigenvalue weighted by molar-refractivity contribution is 6.30. The van der Waals surface area contributed by atoms with Crippen LogP contribution >= 0.6 is 11.6 Å². The molecule has 0 fully saturated rings. The molecule has 0 amide bonds. The minimum atomic E-state index is 0.0716. The third-order valence-corrected chi connectivity index (χ3v) is 2.42. The lowest BCUT2D eigenvalue weighted by Crippen LogP contribution is -2.23. The summed E-state index contributed by atoms with van der Waals surface area (Å²) >= 11 is 5.80. The number of hydrogen-bond donors (Lipinski definition) is 0. The van der Waals surface area contributed by atoms with Gasteiger partial charge in [-0.25, -0.2) is 0 Å². The average molecular weight is 223 g/mol. The maximum Gasteiger partial charge on any atom is 0.0666 e. The zero-order valence-electron chi connectivity index (χ0n) is 9.07. The first kappa shape index (κ1) is 12.0. The van der Waals surface area contributed by atoms with E-state index in [1.807, 2.05) is 38.2 Å². The molecule has 0 aromatic heterocycles. The molecule has 0 unspecified atom stereocenters. The van der Waals surface area contributed by atoms with Crippen molar-refractivity contribution in [2.45, 2.75) is 13.5 Å². The Bertz CT molecular complexity index is 340. The molecule has 1 rings (SSSR count). The van der Waals surface area contributed by atoms with E-state index >= 15 is 0 Å². The summed E-state index contributed by atoms with van der Waals surface area (Å²) in [5, 5.41) is 9.45. The maximum absolute atomic E-state index is 8.69. The minimum absolute atomic E-state index is 0.0716. The Labute approximate surface area is 96.1 Å². The van der Waals surface area contributed by atoms with Crippen molar-refractivity contribution >= 4 is 11.6 Å². The fraction of sp³-hybridized carbons (Fsp3) is 0.417. The number of rotatable bonds is 4. The molecule has 0 radical (unpaired) electrons. The molecule has 1 aromatic carbocycles. The molecule has 0 saturated carbocycles. The van der Waals surface area contributed by atoms with Crippen LogP contribution in [0.4, 0.5) is 0 Å². The van der Waals surface area contributed by atoms with Crippen LogP contribution in [0.1, 0.15) is 12.5 Å². The van der Waals surface area contributed by atoms with Gasteiger partial charge in [-0.1, -0.05) is 23.7 Å². The summed E-state index contributed by atoms with van der Waals surface area (Å²) in [7, 11) is 2.02. The van der Waals surface area contributed by atoms with Crippen molar-refractivity contribution in [2.24, 2.45) is 5.92 Å². The molecule has 0 spiro atoms. The molecular weight excluding hydrogens is 208 g/mol. The summed E-state index contributed by atoms with van der Waals surface area (Å²) < 4.78 is 0. The van der Waals surface area contributed by atoms with Crippen LogP contribution < -0.4 is 0 Å². The molecule has 0 N–H and O–H groups in total. The molecule has 80 valence electrons. The van der Waals surface area contributed by atoms with Gasteiger partial charge in [-0.2, -0.15) is 5.26 Å². The fourth-order valence-corrected chi connectivity index (χ4v) is 1.60. The first-order chi connectivity index (χ1) is 7.11. The van der Waals surface area contributed by atoms with Gasteiger partial charge in [0.15, 0.2) is 0 Å². The highest BCUT2D eigenvalue weighted by atomic mass is 35.5. The molecule has 3 heteroatoms. The summed E-state index contributed by atoms with van der Waals surface area (Å²) in [5.41, 5.74) is 1.21. The van der Waals surface area contributed by atoms with Crippen molar-refractivity contribution in [3.63, 3.8) is 0 Å². The first-order valence-corrected chi connectivity index (χ1v) is 5.32. The van der Waals surface area contributed by atoms with E-state index in [-0.39, 0.29) is 5.92 Å². The molecule has 0 bridgehead atoms. The number of nitriles is 1. The minimum Gasteiger partial charge on any atom is -0.301 e. The molecule has 1 atom stereocenters. The van der Waals surface area contributed by atoms with E-state index in [0.29, 0.717) is 0 Å². The first-order valence-electron chi connectivity index (χ1n) is 4.94. The molecule has 0 aliphatic rings. The predicted molar refractivity (Wildman–Crippen MR) is 62.6 cm³/mol. The van der Waals surface area contributed by atoms with Crippen molar-refractivity contribution in [3.8, 4) is 6.07 Å². The van der Waals surface area contributed by atoms with Crippen LogP contribution in [0, 0.1) is 17.2 Å². The quantitative estimate of drug-likeness (QED) is 0.783. The van der Waals surface area contributed by atoms with Crippen LogP contribution in [0.3, 0.4) is 0 Å². The van der Waals surface area contributed by atoms with E-state index in [0.717, 1.165) is 18.1 Å². The number of nitrogens with zero attached hydrogens (tertiary/aromatic N) is 2. The molecule has 0 aliphatic heterocycles. The van der Waals surface area contributed by atoms with E-state index < -0.39 is 0 Å². The lowest BCUT2D eigenvalue weighted by atomic mass is 10.1. The number of halogens is 1. The number of hydrogen-bond acceptors (Lipinski definition) is 2. The maximum atomic E-state index is 8.69. The zero-order valence-corrected chi connectivity index (χ0v) is 9.83. The van der Waals surface area contributed by atoms with Crippen LogP contribution in [-0.4, -0.2) is 18.5 Å². The van der Waals surface area contributed by atoms with E-state index in [1.54, 1.807) is 0 Å². The highest BCUT2D eigenvalue weighted by Crippen LogP contribution is 2.11. The topological polar surface area (TPSA) is 27.0 Å². The average Bonchev–Trinajstić information content (AvgIpc) is 2.21. The van der Waals surface area contributed by atoms with Crippen molar-refractivity contribution in [1.29, 1.82) is 5.26 Å². The summed E-state index contributed by atoms with van der Waals surface area (Å²) in [6.45, 7) is 3.57. The van der Waals surface area contributed by atoms with Crippen LogP contribution in [0.15, 0.2) is 24.3 Å². The van der Waals surface area contributed by atoms with Gasteiger partial charge in [0.1, 0.15) is 0 Å². The second-order valence-corrected chi connectivity index (χ2v) is 4.29. The smallest absolute Gasteiger partial charge is 0.0666 e. The van der Waals surface area contributed by atoms with Gasteiger partial charge < -0.3 is 4.90 Å². The van der Waals surface area contributed by atoms with Crippen LogP contribution in [0.2, 0.25) is 5.02 Å². The van der Waals surface area contributed by atoms with Gasteiger partial charge in [-0.15, -0.1) is 0 Å². The van der Waals surface area contributed by atoms with Gasteiger partial charge in [0.2, 0.25) is 0 Å². The Kier molecular flexibility index (Phi) is 4.61. The fourth-order valence-electron chi connectivity index (χ4n) is 1.47. The van der Waals surface area contributed by atoms with Gasteiger partial charge in [-0.3, -0.25) is 0 Å². The van der Waals surface area contributed by atoms with Gasteiger partial charge >= 0.3 is 0 Å². The van der Waals surface area contributed by atoms with Crippen LogP contribution in [0.25, 0.3) is 0 Å². The van der Waals surface area contributed by atoms with Gasteiger partial charge in [0.05, 0.1) is 12.0 Å². The summed E-state index contributed by atoms with van der Waals surface area (Å²) in [6.07, 6.45) is 0. The van der Waals surface area contributed by atoms with Crippen LogP contribution in [-0.2, 0) is 6.54 Å². The Morgan fingerprint density at radius 2 is 2.00 bits per heavy atom. The largest absolute Gasteiger partial charge is 0.301 e. The lowest BCUT2D eigenvalue weighted by molar-refractivity contribution is 0.303. The zero-order chi connectivity index (χ0) is 11.3. The normalized spacial score (nSPS) is 12.5. The highest BCUT2D eigenvalue weighted by Gasteiger charge is 2.05. The van der Waals surface area contributed by atoms with Crippen molar-refractivity contribution in [2.75, 3.05) is 13.6 Å². The van der Waals surface area contributed by atoms with Gasteiger partial charge in [-0.05, 0) is 31.7 Å². The Hall–Kier alpha value is -1.04. The Balaban J connectivity index is 2.48. The monoisotopic (exact) mass is 222 g/mol. The van der Waals surface area contributed by atoms with E-state index in [4.69, 9.17) is 16.9 Å². The summed E-state index contributed by atoms with van der Waals surface area (Å²) in [6, 6.07) is 10.0. The number of benzene rings is 1. The van der Waals surface area contributed by atoms with Gasteiger partial charge in [0, 0.05) is 18.1 Å². The van der Waals surface area contributed by atoms with Crippen molar-refractivity contribution in [3.05, 3.63) is 34.9 Å². The summed E-state index contributed by atoms with van der Waals surface area (Å²) in [4.78, 5) is 2.14.